The fourth-order valence-corrected chi connectivity index (χ4v) is 2.04. The normalized spacial score (nSPS) is 20.2. The van der Waals surface area contributed by atoms with E-state index in [1.54, 1.807) is 0 Å². The second-order valence-electron chi connectivity index (χ2n) is 4.42. The van der Waals surface area contributed by atoms with Gasteiger partial charge in [-0.05, 0) is 25.5 Å². The number of aromatic nitrogens is 3. The summed E-state index contributed by atoms with van der Waals surface area (Å²) in [5.74, 6) is 0.539. The molecule has 0 radical (unpaired) electrons. The molecule has 0 bridgehead atoms. The third-order valence-corrected chi connectivity index (χ3v) is 3.09. The van der Waals surface area contributed by atoms with Crippen LogP contribution in [0.2, 0.25) is 0 Å². The van der Waals surface area contributed by atoms with Crippen LogP contribution in [0.4, 0.5) is 0 Å². The molecular weight excluding hydrogens is 200 g/mol. The molecule has 4 heteroatoms. The number of nitrogens with zero attached hydrogens (tertiary/aromatic N) is 4. The van der Waals surface area contributed by atoms with Gasteiger partial charge in [-0.2, -0.15) is 0 Å². The van der Waals surface area contributed by atoms with E-state index in [0.29, 0.717) is 5.92 Å². The first-order chi connectivity index (χ1) is 7.90. The Morgan fingerprint density at radius 3 is 3.12 bits per heavy atom. The molecule has 2 heterocycles. The zero-order valence-corrected chi connectivity index (χ0v) is 9.97. The molecule has 1 atom stereocenters. The van der Waals surface area contributed by atoms with E-state index in [1.165, 1.54) is 19.3 Å². The van der Waals surface area contributed by atoms with Crippen LogP contribution in [0.1, 0.15) is 50.6 Å². The van der Waals surface area contributed by atoms with Crippen molar-refractivity contribution in [3.63, 3.8) is 0 Å². The van der Waals surface area contributed by atoms with E-state index in [-0.39, 0.29) is 0 Å². The molecule has 16 heavy (non-hydrogen) atoms. The smallest absolute Gasteiger partial charge is 0.0862 e. The molecule has 0 amide bonds. The van der Waals surface area contributed by atoms with Gasteiger partial charge in [-0.15, -0.1) is 5.10 Å². The van der Waals surface area contributed by atoms with E-state index in [4.69, 9.17) is 0 Å². The lowest BCUT2D eigenvalue weighted by molar-refractivity contribution is 0.537. The SMILES string of the molecule is CCCCCn1cc(C2CC=NCC2)nn1. The summed E-state index contributed by atoms with van der Waals surface area (Å²) in [5.41, 5.74) is 1.14. The van der Waals surface area contributed by atoms with Gasteiger partial charge >= 0.3 is 0 Å². The van der Waals surface area contributed by atoms with Crippen LogP contribution in [0.15, 0.2) is 11.2 Å². The average Bonchev–Trinajstić information content (AvgIpc) is 2.79. The number of hydrogen-bond acceptors (Lipinski definition) is 3. The summed E-state index contributed by atoms with van der Waals surface area (Å²) in [6.07, 6.45) is 9.99. The van der Waals surface area contributed by atoms with Gasteiger partial charge in [0.2, 0.25) is 0 Å². The second kappa shape index (κ2) is 5.77. The number of aliphatic imine (C=N–C) groups is 1. The van der Waals surface area contributed by atoms with Gasteiger partial charge in [0.1, 0.15) is 0 Å². The van der Waals surface area contributed by atoms with Crippen molar-refractivity contribution in [1.29, 1.82) is 0 Å². The highest BCUT2D eigenvalue weighted by Crippen LogP contribution is 2.22. The van der Waals surface area contributed by atoms with Gasteiger partial charge in [-0.3, -0.25) is 9.67 Å². The molecule has 0 saturated heterocycles. The molecule has 0 aromatic carbocycles. The summed E-state index contributed by atoms with van der Waals surface area (Å²) in [5, 5.41) is 8.46. The molecule has 1 aliphatic heterocycles. The first-order valence-corrected chi connectivity index (χ1v) is 6.28. The van der Waals surface area contributed by atoms with Crippen molar-refractivity contribution in [2.75, 3.05) is 6.54 Å². The topological polar surface area (TPSA) is 43.1 Å². The van der Waals surface area contributed by atoms with Gasteiger partial charge < -0.3 is 0 Å². The monoisotopic (exact) mass is 220 g/mol. The van der Waals surface area contributed by atoms with Crippen LogP contribution in [0.25, 0.3) is 0 Å². The molecule has 1 aromatic rings. The molecule has 1 unspecified atom stereocenters. The van der Waals surface area contributed by atoms with Gasteiger partial charge in [0.05, 0.1) is 5.69 Å². The van der Waals surface area contributed by atoms with Gasteiger partial charge in [0, 0.05) is 25.2 Å². The number of hydrogen-bond donors (Lipinski definition) is 0. The summed E-state index contributed by atoms with van der Waals surface area (Å²) < 4.78 is 1.98. The van der Waals surface area contributed by atoms with Gasteiger partial charge in [0.15, 0.2) is 0 Å². The Bertz CT molecular complexity index is 343. The van der Waals surface area contributed by atoms with Crippen LogP contribution in [-0.4, -0.2) is 27.8 Å². The predicted molar refractivity (Wildman–Crippen MR) is 64.9 cm³/mol. The highest BCUT2D eigenvalue weighted by molar-refractivity contribution is 5.59. The number of rotatable bonds is 5. The minimum Gasteiger partial charge on any atom is -0.297 e. The molecular formula is C12H20N4. The van der Waals surface area contributed by atoms with E-state index in [0.717, 1.165) is 31.6 Å². The highest BCUT2D eigenvalue weighted by Gasteiger charge is 2.16. The molecule has 0 aliphatic carbocycles. The fourth-order valence-electron chi connectivity index (χ4n) is 2.04. The van der Waals surface area contributed by atoms with Crippen molar-refractivity contribution < 1.29 is 0 Å². The highest BCUT2D eigenvalue weighted by atomic mass is 15.4. The average molecular weight is 220 g/mol. The summed E-state index contributed by atoms with van der Waals surface area (Å²) in [6.45, 7) is 4.16. The Balaban J connectivity index is 1.88. The minimum atomic E-state index is 0.539. The maximum absolute atomic E-state index is 4.27. The minimum absolute atomic E-state index is 0.539. The van der Waals surface area contributed by atoms with Crippen molar-refractivity contribution in [3.05, 3.63) is 11.9 Å². The third-order valence-electron chi connectivity index (χ3n) is 3.09. The standard InChI is InChI=1S/C12H20N4/c1-2-3-4-9-16-10-12(14-15-16)11-5-7-13-8-6-11/h7,10-11H,2-6,8-9H2,1H3. The summed E-state index contributed by atoms with van der Waals surface area (Å²) >= 11 is 0. The van der Waals surface area contributed by atoms with E-state index >= 15 is 0 Å². The number of unbranched alkanes of at least 4 members (excludes halogenated alkanes) is 2. The van der Waals surface area contributed by atoms with Gasteiger partial charge in [-0.1, -0.05) is 25.0 Å². The zero-order valence-electron chi connectivity index (χ0n) is 9.97. The van der Waals surface area contributed by atoms with Crippen molar-refractivity contribution in [3.8, 4) is 0 Å². The van der Waals surface area contributed by atoms with Crippen molar-refractivity contribution in [2.24, 2.45) is 4.99 Å². The maximum Gasteiger partial charge on any atom is 0.0862 e. The molecule has 2 rings (SSSR count). The molecule has 0 spiro atoms. The summed E-state index contributed by atoms with van der Waals surface area (Å²) in [7, 11) is 0. The Morgan fingerprint density at radius 2 is 2.38 bits per heavy atom. The van der Waals surface area contributed by atoms with Crippen LogP contribution in [0, 0.1) is 0 Å². The van der Waals surface area contributed by atoms with Crippen LogP contribution in [0.3, 0.4) is 0 Å². The fraction of sp³-hybridized carbons (Fsp3) is 0.750. The van der Waals surface area contributed by atoms with Crippen molar-refractivity contribution in [1.82, 2.24) is 15.0 Å². The van der Waals surface area contributed by atoms with E-state index in [1.807, 2.05) is 10.9 Å². The van der Waals surface area contributed by atoms with Crippen molar-refractivity contribution >= 4 is 6.21 Å². The van der Waals surface area contributed by atoms with Gasteiger partial charge in [0.25, 0.3) is 0 Å². The van der Waals surface area contributed by atoms with Crippen molar-refractivity contribution in [2.45, 2.75) is 51.5 Å². The second-order valence-corrected chi connectivity index (χ2v) is 4.42. The zero-order chi connectivity index (χ0) is 11.2. The molecule has 88 valence electrons. The van der Waals surface area contributed by atoms with E-state index < -0.39 is 0 Å². The molecule has 0 N–H and O–H groups in total. The van der Waals surface area contributed by atoms with Gasteiger partial charge in [-0.25, -0.2) is 0 Å². The largest absolute Gasteiger partial charge is 0.297 e. The lowest BCUT2D eigenvalue weighted by atomic mass is 9.97. The Hall–Kier alpha value is -1.19. The molecule has 1 aliphatic rings. The van der Waals surface area contributed by atoms with Crippen LogP contribution in [-0.2, 0) is 6.54 Å². The van der Waals surface area contributed by atoms with E-state index in [9.17, 15) is 0 Å². The van der Waals surface area contributed by atoms with Crippen LogP contribution >= 0.6 is 0 Å². The predicted octanol–water partition coefficient (Wildman–Crippen LogP) is 2.42. The molecule has 1 aromatic heterocycles. The number of aryl methyl sites for hydroxylation is 1. The van der Waals surface area contributed by atoms with Crippen LogP contribution < -0.4 is 0 Å². The summed E-state index contributed by atoms with van der Waals surface area (Å²) in [4.78, 5) is 4.24. The molecule has 0 fully saturated rings. The quantitative estimate of drug-likeness (QED) is 0.715. The Labute approximate surface area is 96.8 Å². The first-order valence-electron chi connectivity index (χ1n) is 6.28. The Morgan fingerprint density at radius 1 is 1.44 bits per heavy atom. The summed E-state index contributed by atoms with van der Waals surface area (Å²) in [6, 6.07) is 0. The van der Waals surface area contributed by atoms with Crippen LogP contribution in [0.5, 0.6) is 0 Å². The third kappa shape index (κ3) is 2.90. The molecule has 0 saturated carbocycles. The van der Waals surface area contributed by atoms with E-state index in [2.05, 4.69) is 28.4 Å². The lowest BCUT2D eigenvalue weighted by Gasteiger charge is -2.13. The maximum atomic E-state index is 4.27. The Kier molecular flexibility index (Phi) is 4.08. The lowest BCUT2D eigenvalue weighted by Crippen LogP contribution is -2.07. The first kappa shape index (κ1) is 11.3. The molecule has 4 nitrogen and oxygen atoms in total.